The molecule has 0 aliphatic rings. The van der Waals surface area contributed by atoms with Crippen LogP contribution in [0.3, 0.4) is 0 Å². The van der Waals surface area contributed by atoms with Crippen LogP contribution < -0.4 is 5.32 Å². The van der Waals surface area contributed by atoms with Crippen LogP contribution in [0.1, 0.15) is 39.6 Å². The van der Waals surface area contributed by atoms with E-state index in [4.69, 9.17) is 0 Å². The van der Waals surface area contributed by atoms with Crippen LogP contribution >= 0.6 is 0 Å². The SMILES string of the molecule is CNCC(C)C(C)Cc1ncnn1C(C)C. The van der Waals surface area contributed by atoms with Gasteiger partial charge in [0.2, 0.25) is 0 Å². The first kappa shape index (κ1) is 13.2. The van der Waals surface area contributed by atoms with E-state index < -0.39 is 0 Å². The average Bonchev–Trinajstić information content (AvgIpc) is 2.66. The third-order valence-electron chi connectivity index (χ3n) is 3.14. The van der Waals surface area contributed by atoms with E-state index in [0.29, 0.717) is 17.9 Å². The largest absolute Gasteiger partial charge is 0.319 e. The third kappa shape index (κ3) is 3.30. The first-order valence-electron chi connectivity index (χ1n) is 6.09. The first-order valence-corrected chi connectivity index (χ1v) is 6.09. The number of aromatic nitrogens is 3. The molecule has 92 valence electrons. The predicted octanol–water partition coefficient (Wildman–Crippen LogP) is 1.89. The van der Waals surface area contributed by atoms with Crippen LogP contribution in [-0.4, -0.2) is 28.4 Å². The summed E-state index contributed by atoms with van der Waals surface area (Å²) < 4.78 is 2.02. The number of nitrogens with zero attached hydrogens (tertiary/aromatic N) is 3. The van der Waals surface area contributed by atoms with Crippen molar-refractivity contribution in [3.63, 3.8) is 0 Å². The quantitative estimate of drug-likeness (QED) is 0.802. The van der Waals surface area contributed by atoms with Crippen LogP contribution in [0.15, 0.2) is 6.33 Å². The highest BCUT2D eigenvalue weighted by atomic mass is 15.3. The number of rotatable bonds is 6. The van der Waals surface area contributed by atoms with Crippen molar-refractivity contribution < 1.29 is 0 Å². The second kappa shape index (κ2) is 5.99. The van der Waals surface area contributed by atoms with Gasteiger partial charge < -0.3 is 5.32 Å². The topological polar surface area (TPSA) is 42.7 Å². The Morgan fingerprint density at radius 3 is 2.50 bits per heavy atom. The Bertz CT molecular complexity index is 306. The van der Waals surface area contributed by atoms with Crippen LogP contribution in [0.2, 0.25) is 0 Å². The zero-order valence-electron chi connectivity index (χ0n) is 11.1. The van der Waals surface area contributed by atoms with Crippen LogP contribution in [-0.2, 0) is 6.42 Å². The zero-order chi connectivity index (χ0) is 12.1. The molecule has 0 aliphatic heterocycles. The fourth-order valence-electron chi connectivity index (χ4n) is 1.86. The first-order chi connectivity index (χ1) is 7.56. The van der Waals surface area contributed by atoms with Crippen molar-refractivity contribution in [2.24, 2.45) is 11.8 Å². The van der Waals surface area contributed by atoms with Gasteiger partial charge in [-0.1, -0.05) is 13.8 Å². The molecule has 1 aromatic rings. The van der Waals surface area contributed by atoms with Gasteiger partial charge in [0.05, 0.1) is 0 Å². The van der Waals surface area contributed by atoms with Gasteiger partial charge in [0, 0.05) is 12.5 Å². The van der Waals surface area contributed by atoms with E-state index in [1.165, 1.54) is 0 Å². The molecule has 2 unspecified atom stereocenters. The molecule has 0 saturated carbocycles. The summed E-state index contributed by atoms with van der Waals surface area (Å²) in [6.07, 6.45) is 2.66. The highest BCUT2D eigenvalue weighted by Crippen LogP contribution is 2.16. The fourth-order valence-corrected chi connectivity index (χ4v) is 1.86. The molecule has 16 heavy (non-hydrogen) atoms. The smallest absolute Gasteiger partial charge is 0.138 e. The molecule has 0 radical (unpaired) electrons. The summed E-state index contributed by atoms with van der Waals surface area (Å²) >= 11 is 0. The van der Waals surface area contributed by atoms with Crippen molar-refractivity contribution in [3.8, 4) is 0 Å². The lowest BCUT2D eigenvalue weighted by molar-refractivity contribution is 0.357. The Morgan fingerprint density at radius 2 is 1.94 bits per heavy atom. The molecule has 1 aromatic heterocycles. The second-order valence-corrected chi connectivity index (χ2v) is 4.93. The molecule has 0 aliphatic carbocycles. The minimum absolute atomic E-state index is 0.393. The van der Waals surface area contributed by atoms with Crippen LogP contribution in [0.25, 0.3) is 0 Å². The monoisotopic (exact) mass is 224 g/mol. The highest BCUT2D eigenvalue weighted by Gasteiger charge is 2.16. The number of hydrogen-bond acceptors (Lipinski definition) is 3. The van der Waals surface area contributed by atoms with Gasteiger partial charge in [-0.05, 0) is 39.3 Å². The molecule has 0 saturated heterocycles. The van der Waals surface area contributed by atoms with Crippen LogP contribution in [0.4, 0.5) is 0 Å². The molecule has 1 rings (SSSR count). The summed E-state index contributed by atoms with van der Waals surface area (Å²) in [5.74, 6) is 2.38. The van der Waals surface area contributed by atoms with Crippen molar-refractivity contribution >= 4 is 0 Å². The minimum Gasteiger partial charge on any atom is -0.319 e. The van der Waals surface area contributed by atoms with Crippen molar-refractivity contribution in [1.29, 1.82) is 0 Å². The van der Waals surface area contributed by atoms with Gasteiger partial charge in [0.1, 0.15) is 12.2 Å². The maximum absolute atomic E-state index is 4.35. The van der Waals surface area contributed by atoms with Gasteiger partial charge in [0.15, 0.2) is 0 Å². The van der Waals surface area contributed by atoms with Crippen LogP contribution in [0, 0.1) is 11.8 Å². The Labute approximate surface area is 98.5 Å². The standard InChI is InChI=1S/C12H24N4/c1-9(2)16-12(14-8-15-16)6-10(3)11(4)7-13-5/h8-11,13H,6-7H2,1-5H3. The Balaban J connectivity index is 2.62. The molecule has 1 N–H and O–H groups in total. The van der Waals surface area contributed by atoms with Gasteiger partial charge in [-0.3, -0.25) is 0 Å². The molecule has 2 atom stereocenters. The Hall–Kier alpha value is -0.900. The van der Waals surface area contributed by atoms with Gasteiger partial charge in [0.25, 0.3) is 0 Å². The summed E-state index contributed by atoms with van der Waals surface area (Å²) in [6.45, 7) is 9.88. The summed E-state index contributed by atoms with van der Waals surface area (Å²) in [4.78, 5) is 4.35. The fraction of sp³-hybridized carbons (Fsp3) is 0.833. The van der Waals surface area contributed by atoms with E-state index in [0.717, 1.165) is 18.8 Å². The van der Waals surface area contributed by atoms with Crippen molar-refractivity contribution in [3.05, 3.63) is 12.2 Å². The predicted molar refractivity (Wildman–Crippen MR) is 66.4 cm³/mol. The van der Waals surface area contributed by atoms with E-state index >= 15 is 0 Å². The van der Waals surface area contributed by atoms with E-state index in [1.807, 2.05) is 11.7 Å². The molecule has 4 heteroatoms. The summed E-state index contributed by atoms with van der Waals surface area (Å²) in [6, 6.07) is 0.393. The Kier molecular flexibility index (Phi) is 4.93. The normalized spacial score (nSPS) is 15.4. The zero-order valence-corrected chi connectivity index (χ0v) is 11.1. The van der Waals surface area contributed by atoms with Gasteiger partial charge >= 0.3 is 0 Å². The number of nitrogens with one attached hydrogen (secondary N) is 1. The minimum atomic E-state index is 0.393. The van der Waals surface area contributed by atoms with Crippen molar-refractivity contribution in [2.75, 3.05) is 13.6 Å². The van der Waals surface area contributed by atoms with Gasteiger partial charge in [-0.2, -0.15) is 5.10 Å². The number of hydrogen-bond donors (Lipinski definition) is 1. The maximum atomic E-state index is 4.35. The molecule has 4 nitrogen and oxygen atoms in total. The van der Waals surface area contributed by atoms with E-state index in [1.54, 1.807) is 6.33 Å². The molecule has 0 bridgehead atoms. The molecule has 0 fully saturated rings. The second-order valence-electron chi connectivity index (χ2n) is 4.93. The molecule has 0 spiro atoms. The summed E-state index contributed by atoms with van der Waals surface area (Å²) in [5, 5.41) is 7.49. The molecular weight excluding hydrogens is 200 g/mol. The molecule has 0 aromatic carbocycles. The average molecular weight is 224 g/mol. The summed E-state index contributed by atoms with van der Waals surface area (Å²) in [5.41, 5.74) is 0. The van der Waals surface area contributed by atoms with Gasteiger partial charge in [-0.25, -0.2) is 9.67 Å². The third-order valence-corrected chi connectivity index (χ3v) is 3.14. The van der Waals surface area contributed by atoms with Crippen molar-refractivity contribution in [1.82, 2.24) is 20.1 Å². The van der Waals surface area contributed by atoms with E-state index in [-0.39, 0.29) is 0 Å². The Morgan fingerprint density at radius 1 is 1.25 bits per heavy atom. The molecule has 1 heterocycles. The lowest BCUT2D eigenvalue weighted by atomic mass is 9.92. The maximum Gasteiger partial charge on any atom is 0.138 e. The van der Waals surface area contributed by atoms with E-state index in [2.05, 4.69) is 43.1 Å². The molecule has 0 amide bonds. The van der Waals surface area contributed by atoms with Crippen LogP contribution in [0.5, 0.6) is 0 Å². The summed E-state index contributed by atoms with van der Waals surface area (Å²) in [7, 11) is 2.00. The lowest BCUT2D eigenvalue weighted by Gasteiger charge is -2.20. The van der Waals surface area contributed by atoms with Gasteiger partial charge in [-0.15, -0.1) is 0 Å². The lowest BCUT2D eigenvalue weighted by Crippen LogP contribution is -2.24. The highest BCUT2D eigenvalue weighted by molar-refractivity contribution is 4.89. The van der Waals surface area contributed by atoms with E-state index in [9.17, 15) is 0 Å². The van der Waals surface area contributed by atoms with Crippen molar-refractivity contribution in [2.45, 2.75) is 40.2 Å². The molecular formula is C12H24N4.